The number of ether oxygens (including phenoxy) is 4. The van der Waals surface area contributed by atoms with Crippen LogP contribution in [0.4, 0.5) is 0 Å². The SMILES string of the molecule is CCC(C)CCCCCCCCCCCCC(=O)OC[C@H](COP(=O)(O)OCC(O)COP(=O)(O)OC[C@@H](COC(=O)CCCCCCCCCC(C)C)OC(=O)CCCCCCCCCCCCCCCCCCCCC(C)C)OC(=O)CCCCCCCCCCCCC(C)CC. The zero-order valence-electron chi connectivity index (χ0n) is 65.1. The highest BCUT2D eigenvalue weighted by Crippen LogP contribution is 2.45. The van der Waals surface area contributed by atoms with Gasteiger partial charge in [-0.3, -0.25) is 37.3 Å². The number of phosphoric ester groups is 2. The minimum Gasteiger partial charge on any atom is -0.462 e. The Morgan fingerprint density at radius 2 is 0.485 bits per heavy atom. The maximum Gasteiger partial charge on any atom is 0.472 e. The van der Waals surface area contributed by atoms with Gasteiger partial charge in [0.2, 0.25) is 0 Å². The molecule has 0 aromatic heterocycles. The van der Waals surface area contributed by atoms with Gasteiger partial charge in [-0.25, -0.2) is 9.13 Å². The molecule has 0 fully saturated rings. The van der Waals surface area contributed by atoms with E-state index < -0.39 is 97.5 Å². The van der Waals surface area contributed by atoms with E-state index >= 15 is 0 Å². The molecule has 588 valence electrons. The molecular formula is C80H156O17P2. The summed E-state index contributed by atoms with van der Waals surface area (Å²) in [6.07, 6.45) is 55.5. The van der Waals surface area contributed by atoms with Crippen molar-refractivity contribution in [2.24, 2.45) is 23.7 Å². The summed E-state index contributed by atoms with van der Waals surface area (Å²) in [5.74, 6) is 1.02. The molecule has 0 aliphatic rings. The number of hydrogen-bond acceptors (Lipinski definition) is 15. The van der Waals surface area contributed by atoms with Crippen molar-refractivity contribution >= 4 is 39.5 Å². The summed E-state index contributed by atoms with van der Waals surface area (Å²) in [5.41, 5.74) is 0. The van der Waals surface area contributed by atoms with E-state index in [2.05, 4.69) is 55.4 Å². The third-order valence-electron chi connectivity index (χ3n) is 19.3. The maximum absolute atomic E-state index is 13.1. The fourth-order valence-electron chi connectivity index (χ4n) is 12.2. The molecule has 0 amide bonds. The third kappa shape index (κ3) is 71.5. The Morgan fingerprint density at radius 1 is 0.283 bits per heavy atom. The molecule has 0 heterocycles. The topological polar surface area (TPSA) is 237 Å². The van der Waals surface area contributed by atoms with Gasteiger partial charge in [0.25, 0.3) is 0 Å². The molecule has 0 rings (SSSR count). The number of esters is 4. The highest BCUT2D eigenvalue weighted by molar-refractivity contribution is 7.47. The Balaban J connectivity index is 5.21. The van der Waals surface area contributed by atoms with Crippen LogP contribution >= 0.6 is 15.6 Å². The van der Waals surface area contributed by atoms with E-state index in [1.807, 2.05) is 0 Å². The minimum absolute atomic E-state index is 0.106. The average Bonchev–Trinajstić information content (AvgIpc) is 1.05. The summed E-state index contributed by atoms with van der Waals surface area (Å²) in [4.78, 5) is 73.0. The van der Waals surface area contributed by atoms with Crippen molar-refractivity contribution in [3.8, 4) is 0 Å². The van der Waals surface area contributed by atoms with Crippen LogP contribution in [0, 0.1) is 23.7 Å². The fraction of sp³-hybridized carbons (Fsp3) is 0.950. The maximum atomic E-state index is 13.1. The predicted molar refractivity (Wildman–Crippen MR) is 404 cm³/mol. The van der Waals surface area contributed by atoms with Crippen molar-refractivity contribution in [1.29, 1.82) is 0 Å². The van der Waals surface area contributed by atoms with Gasteiger partial charge in [0.1, 0.15) is 19.3 Å². The molecule has 0 saturated heterocycles. The van der Waals surface area contributed by atoms with Crippen LogP contribution in [0.15, 0.2) is 0 Å². The van der Waals surface area contributed by atoms with Gasteiger partial charge < -0.3 is 33.8 Å². The molecular weight excluding hydrogens is 1290 g/mol. The Labute approximate surface area is 607 Å². The van der Waals surface area contributed by atoms with Crippen molar-refractivity contribution in [2.45, 2.75) is 427 Å². The van der Waals surface area contributed by atoms with Crippen molar-refractivity contribution in [3.05, 3.63) is 0 Å². The zero-order valence-corrected chi connectivity index (χ0v) is 66.9. The molecule has 3 N–H and O–H groups in total. The van der Waals surface area contributed by atoms with Crippen LogP contribution in [0.3, 0.4) is 0 Å². The Kier molecular flexibility index (Phi) is 67.8. The van der Waals surface area contributed by atoms with Crippen LogP contribution in [-0.2, 0) is 65.4 Å². The molecule has 5 unspecified atom stereocenters. The van der Waals surface area contributed by atoms with E-state index in [4.69, 9.17) is 37.0 Å². The Hall–Kier alpha value is -1.94. The van der Waals surface area contributed by atoms with Crippen LogP contribution in [0.25, 0.3) is 0 Å². The zero-order chi connectivity index (χ0) is 73.1. The van der Waals surface area contributed by atoms with E-state index in [1.165, 1.54) is 205 Å². The summed E-state index contributed by atoms with van der Waals surface area (Å²) in [7, 11) is -9.92. The molecule has 0 saturated carbocycles. The minimum atomic E-state index is -4.96. The Morgan fingerprint density at radius 3 is 0.717 bits per heavy atom. The van der Waals surface area contributed by atoms with Crippen molar-refractivity contribution < 1.29 is 80.2 Å². The second-order valence-electron chi connectivity index (χ2n) is 30.2. The second-order valence-corrected chi connectivity index (χ2v) is 33.1. The molecule has 17 nitrogen and oxygen atoms in total. The van der Waals surface area contributed by atoms with Gasteiger partial charge in [-0.05, 0) is 49.4 Å². The summed E-state index contributed by atoms with van der Waals surface area (Å²) < 4.78 is 68.7. The lowest BCUT2D eigenvalue weighted by Crippen LogP contribution is -2.30. The number of hydrogen-bond donors (Lipinski definition) is 3. The summed E-state index contributed by atoms with van der Waals surface area (Å²) >= 11 is 0. The summed E-state index contributed by atoms with van der Waals surface area (Å²) in [5, 5.41) is 10.6. The molecule has 19 heteroatoms. The molecule has 0 radical (unpaired) electrons. The van der Waals surface area contributed by atoms with Crippen molar-refractivity contribution in [3.63, 3.8) is 0 Å². The first-order chi connectivity index (χ1) is 47.7. The number of carbonyl (C=O) groups excluding carboxylic acids is 4. The van der Waals surface area contributed by atoms with Crippen LogP contribution in [0.2, 0.25) is 0 Å². The lowest BCUT2D eigenvalue weighted by molar-refractivity contribution is -0.161. The van der Waals surface area contributed by atoms with E-state index in [1.54, 1.807) is 0 Å². The Bertz CT molecular complexity index is 1940. The van der Waals surface area contributed by atoms with Gasteiger partial charge in [0.05, 0.1) is 26.4 Å². The summed E-state index contributed by atoms with van der Waals surface area (Å²) in [6.45, 7) is 14.3. The summed E-state index contributed by atoms with van der Waals surface area (Å²) in [6, 6.07) is 0. The van der Waals surface area contributed by atoms with Gasteiger partial charge in [0.15, 0.2) is 12.2 Å². The van der Waals surface area contributed by atoms with Gasteiger partial charge in [0, 0.05) is 25.7 Å². The number of carbonyl (C=O) groups is 4. The van der Waals surface area contributed by atoms with E-state index in [0.29, 0.717) is 31.6 Å². The van der Waals surface area contributed by atoms with Gasteiger partial charge >= 0.3 is 39.5 Å². The van der Waals surface area contributed by atoms with Gasteiger partial charge in [-0.2, -0.15) is 0 Å². The molecule has 0 bridgehead atoms. The number of phosphoric acid groups is 2. The second kappa shape index (κ2) is 69.1. The van der Waals surface area contributed by atoms with E-state index in [-0.39, 0.29) is 25.7 Å². The smallest absolute Gasteiger partial charge is 0.462 e. The van der Waals surface area contributed by atoms with Crippen molar-refractivity contribution in [2.75, 3.05) is 39.6 Å². The lowest BCUT2D eigenvalue weighted by atomic mass is 9.99. The van der Waals surface area contributed by atoms with Crippen LogP contribution < -0.4 is 0 Å². The molecule has 0 aliphatic carbocycles. The lowest BCUT2D eigenvalue weighted by Gasteiger charge is -2.21. The molecule has 0 aliphatic heterocycles. The quantitative estimate of drug-likeness (QED) is 0.0222. The number of aliphatic hydroxyl groups is 1. The predicted octanol–water partition coefficient (Wildman–Crippen LogP) is 23.6. The van der Waals surface area contributed by atoms with Gasteiger partial charge in [-0.15, -0.1) is 0 Å². The molecule has 0 aromatic rings. The highest BCUT2D eigenvalue weighted by atomic mass is 31.2. The third-order valence-corrected chi connectivity index (χ3v) is 21.2. The largest absolute Gasteiger partial charge is 0.472 e. The fourth-order valence-corrected chi connectivity index (χ4v) is 13.8. The van der Waals surface area contributed by atoms with Gasteiger partial charge in [-0.1, -0.05) is 357 Å². The van der Waals surface area contributed by atoms with Crippen LogP contribution in [0.1, 0.15) is 409 Å². The van der Waals surface area contributed by atoms with E-state index in [9.17, 15) is 43.2 Å². The first-order valence-electron chi connectivity index (χ1n) is 41.3. The first kappa shape index (κ1) is 97.1. The number of rotatable bonds is 77. The highest BCUT2D eigenvalue weighted by Gasteiger charge is 2.30. The average molecular weight is 1450 g/mol. The standard InChI is InChI=1S/C80H156O17P2/c1-9-72(7)58-50-42-34-26-21-23-28-36-44-52-60-77(82)90-66-75(96-80(85)63-55-47-38-30-24-22-27-35-43-51-59-73(8)10-2)68-94-98(86,87)92-64-74(81)65-93-99(88,89)95-69-76(67-91-78(83)61-53-45-39-31-33-41-49-57-71(5)6)97-79(84)62-54-46-37-29-20-18-16-14-12-11-13-15-17-19-25-32-40-48-56-70(3)4/h70-76,81H,9-69H2,1-8H3,(H,86,87)(H,88,89)/t72?,73?,74?,75-,76-/m1/s1. The normalized spacial score (nSPS) is 14.6. The molecule has 0 spiro atoms. The first-order valence-corrected chi connectivity index (χ1v) is 44.3. The number of unbranched alkanes of at least 4 members (excludes halogenated alkanes) is 41. The monoisotopic (exact) mass is 1450 g/mol. The van der Waals surface area contributed by atoms with Crippen LogP contribution in [-0.4, -0.2) is 96.7 Å². The number of aliphatic hydroxyl groups excluding tert-OH is 1. The molecule has 99 heavy (non-hydrogen) atoms. The van der Waals surface area contributed by atoms with Crippen LogP contribution in [0.5, 0.6) is 0 Å². The van der Waals surface area contributed by atoms with E-state index in [0.717, 1.165) is 114 Å². The molecule has 0 aromatic carbocycles. The van der Waals surface area contributed by atoms with Crippen molar-refractivity contribution in [1.82, 2.24) is 0 Å². The molecule has 7 atom stereocenters.